The Balaban J connectivity index is 2.04. The molecule has 0 aliphatic carbocycles. The lowest BCUT2D eigenvalue weighted by Gasteiger charge is -2.22. The van der Waals surface area contributed by atoms with Crippen molar-refractivity contribution in [2.45, 2.75) is 13.3 Å². The maximum atomic E-state index is 9.58. The largest absolute Gasteiger partial charge is 0.504 e. The van der Waals surface area contributed by atoms with E-state index in [1.165, 1.54) is 12.1 Å². The first kappa shape index (κ1) is 11.7. The highest BCUT2D eigenvalue weighted by atomic mass is 16.5. The smallest absolute Gasteiger partial charge is 0.158 e. The molecule has 0 aromatic heterocycles. The Morgan fingerprint density at radius 1 is 1.00 bits per heavy atom. The topological polar surface area (TPSA) is 49.7 Å². The zero-order valence-electron chi connectivity index (χ0n) is 10.6. The second kappa shape index (κ2) is 4.35. The van der Waals surface area contributed by atoms with Crippen LogP contribution in [0, 0.1) is 0 Å². The molecule has 0 bridgehead atoms. The third-order valence-corrected chi connectivity index (χ3v) is 3.27. The Kier molecular flexibility index (Phi) is 2.67. The van der Waals surface area contributed by atoms with Gasteiger partial charge in [-0.2, -0.15) is 0 Å². The molecular formula is C16H14O3. The Morgan fingerprint density at radius 2 is 1.79 bits per heavy atom. The van der Waals surface area contributed by atoms with Gasteiger partial charge >= 0.3 is 0 Å². The van der Waals surface area contributed by atoms with Gasteiger partial charge in [-0.15, -0.1) is 0 Å². The predicted molar refractivity (Wildman–Crippen MR) is 73.1 cm³/mol. The summed E-state index contributed by atoms with van der Waals surface area (Å²) < 4.78 is 5.91. The second-order valence-electron chi connectivity index (χ2n) is 4.70. The van der Waals surface area contributed by atoms with Crippen molar-refractivity contribution in [1.29, 1.82) is 0 Å². The Bertz CT molecular complexity index is 671. The van der Waals surface area contributed by atoms with E-state index < -0.39 is 0 Å². The van der Waals surface area contributed by atoms with Gasteiger partial charge in [-0.05, 0) is 42.3 Å². The number of ether oxygens (including phenoxy) is 1. The lowest BCUT2D eigenvalue weighted by molar-refractivity contribution is 0.403. The molecule has 0 saturated carbocycles. The van der Waals surface area contributed by atoms with Crippen LogP contribution in [0.3, 0.4) is 0 Å². The van der Waals surface area contributed by atoms with Gasteiger partial charge in [0.25, 0.3) is 0 Å². The zero-order valence-corrected chi connectivity index (χ0v) is 10.6. The van der Waals surface area contributed by atoms with Crippen LogP contribution in [0.15, 0.2) is 48.0 Å². The number of rotatable bonds is 1. The van der Waals surface area contributed by atoms with Crippen molar-refractivity contribution in [3.05, 3.63) is 59.2 Å². The van der Waals surface area contributed by atoms with Crippen LogP contribution in [0.5, 0.6) is 17.2 Å². The monoisotopic (exact) mass is 254 g/mol. The molecule has 1 heterocycles. The van der Waals surface area contributed by atoms with Gasteiger partial charge in [0, 0.05) is 12.0 Å². The maximum absolute atomic E-state index is 9.58. The third kappa shape index (κ3) is 2.03. The number of para-hydroxylation sites is 1. The van der Waals surface area contributed by atoms with Gasteiger partial charge in [0.1, 0.15) is 11.5 Å². The predicted octanol–water partition coefficient (Wildman–Crippen LogP) is 3.46. The Hall–Kier alpha value is -2.42. The van der Waals surface area contributed by atoms with Gasteiger partial charge in [-0.25, -0.2) is 0 Å². The molecule has 3 nitrogen and oxygen atoms in total. The van der Waals surface area contributed by atoms with E-state index in [9.17, 15) is 10.2 Å². The normalized spacial score (nSPS) is 13.9. The molecule has 2 aromatic carbocycles. The highest BCUT2D eigenvalue weighted by Crippen LogP contribution is 2.36. The standard InChI is InChI=1S/C16H14O3/c1-10-8-11-4-2-3-5-15(11)19-16(10)12-6-7-13(17)14(18)9-12/h2-7,9,17-18H,8H2,1H3. The molecule has 19 heavy (non-hydrogen) atoms. The quantitative estimate of drug-likeness (QED) is 0.766. The summed E-state index contributed by atoms with van der Waals surface area (Å²) in [6.45, 7) is 2.01. The van der Waals surface area contributed by atoms with Gasteiger partial charge in [-0.3, -0.25) is 0 Å². The van der Waals surface area contributed by atoms with E-state index in [4.69, 9.17) is 4.74 Å². The van der Waals surface area contributed by atoms with Crippen molar-refractivity contribution >= 4 is 5.76 Å². The summed E-state index contributed by atoms with van der Waals surface area (Å²) in [6, 6.07) is 12.6. The summed E-state index contributed by atoms with van der Waals surface area (Å²) in [6.07, 6.45) is 0.827. The van der Waals surface area contributed by atoms with Crippen molar-refractivity contribution in [1.82, 2.24) is 0 Å². The first-order valence-corrected chi connectivity index (χ1v) is 6.13. The highest BCUT2D eigenvalue weighted by molar-refractivity contribution is 5.70. The maximum Gasteiger partial charge on any atom is 0.158 e. The number of allylic oxidation sites excluding steroid dienone is 1. The van der Waals surface area contributed by atoms with Crippen molar-refractivity contribution in [2.24, 2.45) is 0 Å². The molecule has 0 unspecified atom stereocenters. The highest BCUT2D eigenvalue weighted by Gasteiger charge is 2.18. The lowest BCUT2D eigenvalue weighted by Crippen LogP contribution is -2.07. The number of aromatic hydroxyl groups is 2. The second-order valence-corrected chi connectivity index (χ2v) is 4.70. The van der Waals surface area contributed by atoms with Gasteiger partial charge < -0.3 is 14.9 Å². The Labute approximate surface area is 111 Å². The average Bonchev–Trinajstić information content (AvgIpc) is 2.41. The van der Waals surface area contributed by atoms with Crippen LogP contribution >= 0.6 is 0 Å². The van der Waals surface area contributed by atoms with Crippen LogP contribution in [0.2, 0.25) is 0 Å². The minimum absolute atomic E-state index is 0.127. The minimum Gasteiger partial charge on any atom is -0.504 e. The van der Waals surface area contributed by atoms with Crippen molar-refractivity contribution < 1.29 is 14.9 Å². The van der Waals surface area contributed by atoms with E-state index in [0.29, 0.717) is 0 Å². The fraction of sp³-hybridized carbons (Fsp3) is 0.125. The number of benzene rings is 2. The molecule has 3 heteroatoms. The fourth-order valence-electron chi connectivity index (χ4n) is 2.28. The molecule has 2 aromatic rings. The fourth-order valence-corrected chi connectivity index (χ4v) is 2.28. The number of fused-ring (bicyclic) bond motifs is 1. The van der Waals surface area contributed by atoms with Crippen LogP contribution < -0.4 is 4.74 Å². The lowest BCUT2D eigenvalue weighted by atomic mass is 9.98. The van der Waals surface area contributed by atoms with Gasteiger partial charge in [0.2, 0.25) is 0 Å². The molecule has 1 aliphatic rings. The van der Waals surface area contributed by atoms with Crippen molar-refractivity contribution in [3.63, 3.8) is 0 Å². The van der Waals surface area contributed by atoms with Crippen molar-refractivity contribution in [2.75, 3.05) is 0 Å². The summed E-state index contributed by atoms with van der Waals surface area (Å²) in [5.74, 6) is 1.32. The molecule has 0 radical (unpaired) electrons. The summed E-state index contributed by atoms with van der Waals surface area (Å²) in [5.41, 5.74) is 3.03. The van der Waals surface area contributed by atoms with E-state index in [2.05, 4.69) is 0 Å². The first-order valence-electron chi connectivity index (χ1n) is 6.13. The van der Waals surface area contributed by atoms with Crippen LogP contribution in [0.4, 0.5) is 0 Å². The number of hydrogen-bond acceptors (Lipinski definition) is 3. The molecule has 0 amide bonds. The Morgan fingerprint density at radius 3 is 2.58 bits per heavy atom. The SMILES string of the molecule is CC1=C(c2ccc(O)c(O)c2)Oc2ccccc2C1. The molecule has 2 N–H and O–H groups in total. The summed E-state index contributed by atoms with van der Waals surface area (Å²) in [4.78, 5) is 0. The molecule has 0 fully saturated rings. The van der Waals surface area contributed by atoms with Crippen LogP contribution in [0.1, 0.15) is 18.1 Å². The molecule has 0 saturated heterocycles. The third-order valence-electron chi connectivity index (χ3n) is 3.27. The summed E-state index contributed by atoms with van der Waals surface area (Å²) in [7, 11) is 0. The van der Waals surface area contributed by atoms with E-state index in [1.807, 2.05) is 31.2 Å². The summed E-state index contributed by atoms with van der Waals surface area (Å²) in [5, 5.41) is 18.9. The molecule has 0 atom stereocenters. The van der Waals surface area contributed by atoms with E-state index in [0.717, 1.165) is 34.6 Å². The van der Waals surface area contributed by atoms with E-state index >= 15 is 0 Å². The number of phenols is 2. The van der Waals surface area contributed by atoms with Gasteiger partial charge in [0.15, 0.2) is 11.5 Å². The molecule has 96 valence electrons. The molecular weight excluding hydrogens is 240 g/mol. The first-order chi connectivity index (χ1) is 9.15. The number of phenolic OH excluding ortho intramolecular Hbond substituents is 2. The van der Waals surface area contributed by atoms with Crippen molar-refractivity contribution in [3.8, 4) is 17.2 Å². The van der Waals surface area contributed by atoms with Crippen LogP contribution in [-0.4, -0.2) is 10.2 Å². The minimum atomic E-state index is -0.139. The zero-order chi connectivity index (χ0) is 13.4. The van der Waals surface area contributed by atoms with Crippen LogP contribution in [-0.2, 0) is 6.42 Å². The van der Waals surface area contributed by atoms with Crippen LogP contribution in [0.25, 0.3) is 5.76 Å². The molecule has 1 aliphatic heterocycles. The summed E-state index contributed by atoms with van der Waals surface area (Å²) >= 11 is 0. The molecule has 0 spiro atoms. The van der Waals surface area contributed by atoms with Gasteiger partial charge in [-0.1, -0.05) is 18.2 Å². The van der Waals surface area contributed by atoms with E-state index in [-0.39, 0.29) is 11.5 Å². The van der Waals surface area contributed by atoms with E-state index in [1.54, 1.807) is 6.07 Å². The van der Waals surface area contributed by atoms with Gasteiger partial charge in [0.05, 0.1) is 0 Å². The number of hydrogen-bond donors (Lipinski definition) is 2. The average molecular weight is 254 g/mol. The molecule has 3 rings (SSSR count).